The standard InChI is InChI=1S/C8H5ClO3.C3H3I/c9-6-3-5-1-2-7(6)12-8(10)11-4-5;1-2-3-4/h1-3H,4H2;1H3. The van der Waals surface area contributed by atoms with Crippen molar-refractivity contribution >= 4 is 40.3 Å². The third-order valence-electron chi connectivity index (χ3n) is 1.64. The Kier molecular flexibility index (Phi) is 5.43. The second kappa shape index (κ2) is 6.61. The zero-order chi connectivity index (χ0) is 12.0. The smallest absolute Gasteiger partial charge is 0.429 e. The zero-order valence-electron chi connectivity index (χ0n) is 8.42. The van der Waals surface area contributed by atoms with Crippen molar-refractivity contribution in [3.05, 3.63) is 28.8 Å². The van der Waals surface area contributed by atoms with Crippen molar-refractivity contribution < 1.29 is 14.3 Å². The van der Waals surface area contributed by atoms with Crippen LogP contribution in [0.3, 0.4) is 0 Å². The lowest BCUT2D eigenvalue weighted by Crippen LogP contribution is -2.13. The SMILES string of the molecule is CC#CI.O=C1OCc2ccc(c(Cl)c2)O1. The lowest BCUT2D eigenvalue weighted by atomic mass is 10.2. The molecular weight excluding hydrogens is 342 g/mol. The van der Waals surface area contributed by atoms with Gasteiger partial charge in [-0.3, -0.25) is 0 Å². The molecule has 0 saturated heterocycles. The summed E-state index contributed by atoms with van der Waals surface area (Å²) in [7, 11) is 0. The highest BCUT2D eigenvalue weighted by Gasteiger charge is 2.14. The van der Waals surface area contributed by atoms with E-state index in [4.69, 9.17) is 21.1 Å². The summed E-state index contributed by atoms with van der Waals surface area (Å²) in [6.07, 6.45) is -0.710. The molecule has 0 N–H and O–H groups in total. The first kappa shape index (κ1) is 13.1. The van der Waals surface area contributed by atoms with E-state index in [1.165, 1.54) is 0 Å². The molecule has 0 fully saturated rings. The molecule has 0 radical (unpaired) electrons. The van der Waals surface area contributed by atoms with Crippen LogP contribution in [-0.2, 0) is 11.3 Å². The van der Waals surface area contributed by atoms with Gasteiger partial charge in [0.05, 0.1) is 5.02 Å². The van der Waals surface area contributed by atoms with Gasteiger partial charge in [0.1, 0.15) is 6.61 Å². The second-order valence-corrected chi connectivity index (χ2v) is 3.70. The molecule has 1 aromatic carbocycles. The minimum atomic E-state index is -0.710. The number of carbonyl (C=O) groups is 1. The van der Waals surface area contributed by atoms with E-state index in [1.807, 2.05) is 29.5 Å². The third-order valence-corrected chi connectivity index (χ3v) is 2.48. The number of hydrogen-bond acceptors (Lipinski definition) is 3. The maximum atomic E-state index is 10.8. The summed E-state index contributed by atoms with van der Waals surface area (Å²) in [5.74, 6) is 3.01. The molecule has 2 heterocycles. The van der Waals surface area contributed by atoms with Crippen LogP contribution in [0.1, 0.15) is 12.5 Å². The predicted octanol–water partition coefficient (Wildman–Crippen LogP) is 3.77. The van der Waals surface area contributed by atoms with Gasteiger partial charge in [0, 0.05) is 22.6 Å². The molecule has 0 amide bonds. The van der Waals surface area contributed by atoms with Gasteiger partial charge in [-0.2, -0.15) is 0 Å². The van der Waals surface area contributed by atoms with E-state index in [9.17, 15) is 4.79 Å². The Morgan fingerprint density at radius 2 is 2.19 bits per heavy atom. The normalized spacial score (nSPS) is 11.8. The molecule has 2 aliphatic rings. The van der Waals surface area contributed by atoms with Crippen LogP contribution in [0.15, 0.2) is 18.2 Å². The molecule has 0 aromatic heterocycles. The molecule has 2 bridgehead atoms. The molecule has 0 aliphatic carbocycles. The van der Waals surface area contributed by atoms with Crippen LogP contribution < -0.4 is 4.74 Å². The van der Waals surface area contributed by atoms with Crippen molar-refractivity contribution in [1.29, 1.82) is 0 Å². The fraction of sp³-hybridized carbons (Fsp3) is 0.182. The Hall–Kier alpha value is -0.930. The molecule has 84 valence electrons. The molecule has 3 rings (SSSR count). The van der Waals surface area contributed by atoms with Crippen LogP contribution in [0.4, 0.5) is 4.79 Å². The molecule has 5 heteroatoms. The number of halogens is 2. The summed E-state index contributed by atoms with van der Waals surface area (Å²) in [5, 5.41) is 0.434. The molecule has 0 unspecified atom stereocenters. The van der Waals surface area contributed by atoms with Gasteiger partial charge in [-0.1, -0.05) is 23.6 Å². The van der Waals surface area contributed by atoms with E-state index in [0.717, 1.165) is 5.56 Å². The van der Waals surface area contributed by atoms with E-state index >= 15 is 0 Å². The summed E-state index contributed by atoms with van der Waals surface area (Å²) in [4.78, 5) is 10.8. The van der Waals surface area contributed by atoms with Crippen molar-refractivity contribution in [2.24, 2.45) is 0 Å². The lowest BCUT2D eigenvalue weighted by molar-refractivity contribution is 0.0908. The molecule has 3 nitrogen and oxygen atoms in total. The summed E-state index contributed by atoms with van der Waals surface area (Å²) in [5.41, 5.74) is 0.861. The molecule has 0 saturated carbocycles. The van der Waals surface area contributed by atoms with E-state index in [1.54, 1.807) is 18.2 Å². The maximum absolute atomic E-state index is 10.8. The Labute approximate surface area is 112 Å². The largest absolute Gasteiger partial charge is 0.514 e. The minimum Gasteiger partial charge on any atom is -0.429 e. The van der Waals surface area contributed by atoms with Crippen LogP contribution in [-0.4, -0.2) is 6.16 Å². The number of ether oxygens (including phenoxy) is 2. The number of benzene rings is 1. The van der Waals surface area contributed by atoms with Gasteiger partial charge in [0.2, 0.25) is 0 Å². The molecule has 16 heavy (non-hydrogen) atoms. The molecule has 0 atom stereocenters. The maximum Gasteiger partial charge on any atom is 0.514 e. The molecular formula is C11H8ClIO3. The van der Waals surface area contributed by atoms with Gasteiger partial charge in [-0.05, 0) is 28.5 Å². The fourth-order valence-corrected chi connectivity index (χ4v) is 1.22. The van der Waals surface area contributed by atoms with E-state index in [2.05, 4.69) is 9.85 Å². The third kappa shape index (κ3) is 3.91. The molecule has 1 aromatic rings. The first-order valence-electron chi connectivity index (χ1n) is 4.32. The summed E-state index contributed by atoms with van der Waals surface area (Å²) in [6, 6.07) is 5.16. The van der Waals surface area contributed by atoms with Crippen molar-refractivity contribution in [3.8, 4) is 15.6 Å². The zero-order valence-corrected chi connectivity index (χ0v) is 11.3. The van der Waals surface area contributed by atoms with E-state index in [0.29, 0.717) is 10.8 Å². The topological polar surface area (TPSA) is 35.5 Å². The Bertz CT molecular complexity index is 442. The van der Waals surface area contributed by atoms with Crippen molar-refractivity contribution in [2.75, 3.05) is 0 Å². The van der Waals surface area contributed by atoms with Gasteiger partial charge in [0.25, 0.3) is 0 Å². The minimum absolute atomic E-state index is 0.207. The Morgan fingerprint density at radius 3 is 2.75 bits per heavy atom. The highest BCUT2D eigenvalue weighted by molar-refractivity contribution is 14.1. The van der Waals surface area contributed by atoms with Crippen LogP contribution in [0.5, 0.6) is 5.75 Å². The number of fused-ring (bicyclic) bond motifs is 5. The predicted molar refractivity (Wildman–Crippen MR) is 69.7 cm³/mol. The molecule has 2 aliphatic heterocycles. The monoisotopic (exact) mass is 350 g/mol. The average molecular weight is 351 g/mol. The summed E-state index contributed by atoms with van der Waals surface area (Å²) in [6.45, 7) is 2.02. The second-order valence-electron chi connectivity index (χ2n) is 2.75. The fourth-order valence-electron chi connectivity index (χ4n) is 0.978. The van der Waals surface area contributed by atoms with Crippen LogP contribution in [0, 0.1) is 9.85 Å². The van der Waals surface area contributed by atoms with E-state index in [-0.39, 0.29) is 6.61 Å². The number of carbonyl (C=O) groups excluding carboxylic acids is 1. The van der Waals surface area contributed by atoms with Gasteiger partial charge in [-0.25, -0.2) is 4.79 Å². The van der Waals surface area contributed by atoms with Crippen LogP contribution in [0.2, 0.25) is 5.02 Å². The first-order chi connectivity index (χ1) is 7.67. The number of hydrogen-bond donors (Lipinski definition) is 0. The highest BCUT2D eigenvalue weighted by Crippen LogP contribution is 2.27. The van der Waals surface area contributed by atoms with Crippen molar-refractivity contribution in [2.45, 2.75) is 13.5 Å². The molecule has 0 spiro atoms. The van der Waals surface area contributed by atoms with Gasteiger partial charge in [-0.15, -0.1) is 0 Å². The van der Waals surface area contributed by atoms with Gasteiger partial charge < -0.3 is 9.47 Å². The quantitative estimate of drug-likeness (QED) is 0.309. The van der Waals surface area contributed by atoms with Gasteiger partial charge in [0.15, 0.2) is 5.75 Å². The summed E-state index contributed by atoms with van der Waals surface area (Å²) >= 11 is 7.76. The van der Waals surface area contributed by atoms with Gasteiger partial charge >= 0.3 is 6.16 Å². The van der Waals surface area contributed by atoms with E-state index < -0.39 is 6.16 Å². The van der Waals surface area contributed by atoms with Crippen molar-refractivity contribution in [3.63, 3.8) is 0 Å². The lowest BCUT2D eigenvalue weighted by Gasteiger charge is -2.12. The highest BCUT2D eigenvalue weighted by atomic mass is 127. The number of rotatable bonds is 0. The summed E-state index contributed by atoms with van der Waals surface area (Å²) < 4.78 is 12.1. The van der Waals surface area contributed by atoms with Crippen molar-refractivity contribution in [1.82, 2.24) is 0 Å². The van der Waals surface area contributed by atoms with Crippen LogP contribution >= 0.6 is 34.2 Å². The Morgan fingerprint density at radius 1 is 1.50 bits per heavy atom. The first-order valence-corrected chi connectivity index (χ1v) is 5.78. The van der Waals surface area contributed by atoms with Crippen LogP contribution in [0.25, 0.3) is 0 Å². The Balaban J connectivity index is 0.000000280. The average Bonchev–Trinajstić information content (AvgIpc) is 2.27.